The van der Waals surface area contributed by atoms with E-state index in [-0.39, 0.29) is 35.1 Å². The average molecular weight is 563 g/mol. The number of rotatable bonds is 7. The summed E-state index contributed by atoms with van der Waals surface area (Å²) in [6, 6.07) is 2.05. The molecule has 0 saturated heterocycles. The Morgan fingerprint density at radius 3 is 2.61 bits per heavy atom. The van der Waals surface area contributed by atoms with Crippen LogP contribution in [0.25, 0.3) is 0 Å². The number of aryl methyl sites for hydroxylation is 1. The van der Waals surface area contributed by atoms with E-state index in [1.807, 2.05) is 6.07 Å². The molecule has 1 saturated carbocycles. The van der Waals surface area contributed by atoms with Gasteiger partial charge in [0.1, 0.15) is 28.3 Å². The predicted octanol–water partition coefficient (Wildman–Crippen LogP) is 9.98. The summed E-state index contributed by atoms with van der Waals surface area (Å²) >= 11 is 0. The van der Waals surface area contributed by atoms with Crippen LogP contribution in [-0.2, 0) is 11.2 Å². The number of hydrogen-bond donors (Lipinski definition) is 1. The molecule has 1 aromatic carbocycles. The van der Waals surface area contributed by atoms with Crippen LogP contribution in [0.4, 0.5) is 0 Å². The van der Waals surface area contributed by atoms with Crippen LogP contribution in [0.15, 0.2) is 28.9 Å². The number of unbranched alkanes of at least 4 members (excludes halogenated alkanes) is 2. The van der Waals surface area contributed by atoms with Crippen LogP contribution in [0.2, 0.25) is 0 Å². The highest BCUT2D eigenvalue weighted by atomic mass is 16.6. The first kappa shape index (κ1) is 30.2. The minimum atomic E-state index is -0.630. The van der Waals surface area contributed by atoms with Gasteiger partial charge in [-0.1, -0.05) is 49.5 Å². The van der Waals surface area contributed by atoms with Crippen molar-refractivity contribution < 1.29 is 19.4 Å². The van der Waals surface area contributed by atoms with Gasteiger partial charge in [0.2, 0.25) is 0 Å². The number of allylic oxidation sites excluding steroid dienone is 4. The van der Waals surface area contributed by atoms with Crippen molar-refractivity contribution in [2.75, 3.05) is 0 Å². The zero-order valence-electron chi connectivity index (χ0n) is 27.0. The fraction of sp³-hybridized carbons (Fsp3) is 0.703. The summed E-state index contributed by atoms with van der Waals surface area (Å²) in [5, 5.41) is 12.0. The van der Waals surface area contributed by atoms with Gasteiger partial charge in [-0.05, 0) is 123 Å². The third kappa shape index (κ3) is 5.62. The monoisotopic (exact) mass is 562 g/mol. The van der Waals surface area contributed by atoms with E-state index >= 15 is 0 Å². The van der Waals surface area contributed by atoms with Gasteiger partial charge in [0, 0.05) is 23.3 Å². The van der Waals surface area contributed by atoms with Crippen molar-refractivity contribution in [2.45, 2.75) is 150 Å². The lowest BCUT2D eigenvalue weighted by Gasteiger charge is -2.48. The number of hydrogen-bond acceptors (Lipinski definition) is 4. The lowest BCUT2D eigenvalue weighted by molar-refractivity contribution is -0.0409. The molecule has 0 bridgehead atoms. The predicted molar refractivity (Wildman–Crippen MR) is 167 cm³/mol. The van der Waals surface area contributed by atoms with Gasteiger partial charge in [-0.25, -0.2) is 4.79 Å². The van der Waals surface area contributed by atoms with Gasteiger partial charge in [0.05, 0.1) is 0 Å². The number of fused-ring (bicyclic) bond motifs is 4. The molecule has 4 aliphatic rings. The number of carbonyl (C=O) groups is 1. The highest BCUT2D eigenvalue weighted by molar-refractivity contribution is 5.95. The molecule has 0 unspecified atom stereocenters. The first-order valence-corrected chi connectivity index (χ1v) is 16.4. The summed E-state index contributed by atoms with van der Waals surface area (Å²) in [7, 11) is 0. The van der Waals surface area contributed by atoms with E-state index in [4.69, 9.17) is 9.47 Å². The van der Waals surface area contributed by atoms with Crippen LogP contribution in [0, 0.1) is 17.3 Å². The molecule has 4 nitrogen and oxygen atoms in total. The molecular formula is C37H54O4. The Morgan fingerprint density at radius 2 is 1.88 bits per heavy atom. The third-order valence-electron chi connectivity index (χ3n) is 11.3. The molecule has 1 N–H and O–H groups in total. The summed E-state index contributed by atoms with van der Waals surface area (Å²) in [5.74, 6) is 0.968. The molecule has 1 fully saturated rings. The zero-order chi connectivity index (χ0) is 29.7. The Bertz CT molecular complexity index is 1250. The zero-order valence-corrected chi connectivity index (χ0v) is 27.0. The standard InChI is InChI=1S/C37H54O4/c1-9-10-11-14-25-21-30-32(27-20-23(2)15-16-28(27)36(6,7)40-30)33(38)31(25)34(39)41-35(4,5)26-17-19-37(8)18-12-13-24(3)29(37)22-26/h20-21,26-28,38H,9-19,22H2,1-8H3/t26-,27-,28-,37-/m1/s1. The molecule has 5 rings (SSSR count). The normalized spacial score (nSPS) is 29.1. The quantitative estimate of drug-likeness (QED) is 0.204. The molecule has 4 atom stereocenters. The lowest BCUT2D eigenvalue weighted by atomic mass is 9.59. The van der Waals surface area contributed by atoms with Gasteiger partial charge in [-0.2, -0.15) is 0 Å². The van der Waals surface area contributed by atoms with E-state index in [1.54, 1.807) is 11.1 Å². The van der Waals surface area contributed by atoms with Gasteiger partial charge in [0.25, 0.3) is 0 Å². The average Bonchev–Trinajstić information content (AvgIpc) is 2.87. The van der Waals surface area contributed by atoms with E-state index in [2.05, 4.69) is 61.5 Å². The maximum atomic E-state index is 14.2. The highest BCUT2D eigenvalue weighted by Gasteiger charge is 2.48. The summed E-state index contributed by atoms with van der Waals surface area (Å²) in [6.45, 7) is 17.6. The maximum Gasteiger partial charge on any atom is 0.342 e. The van der Waals surface area contributed by atoms with E-state index in [1.165, 1.54) is 24.8 Å². The van der Waals surface area contributed by atoms with Crippen molar-refractivity contribution in [2.24, 2.45) is 17.3 Å². The van der Waals surface area contributed by atoms with Gasteiger partial charge in [-0.3, -0.25) is 0 Å². The molecule has 41 heavy (non-hydrogen) atoms. The summed E-state index contributed by atoms with van der Waals surface area (Å²) < 4.78 is 13.1. The van der Waals surface area contributed by atoms with Crippen molar-refractivity contribution in [3.05, 3.63) is 45.6 Å². The molecule has 0 aromatic heterocycles. The number of aromatic hydroxyl groups is 1. The fourth-order valence-electron chi connectivity index (χ4n) is 8.67. The fourth-order valence-corrected chi connectivity index (χ4v) is 8.67. The Balaban J connectivity index is 1.50. The van der Waals surface area contributed by atoms with Gasteiger partial charge in [0.15, 0.2) is 0 Å². The molecule has 226 valence electrons. The molecule has 3 aliphatic carbocycles. The van der Waals surface area contributed by atoms with E-state index in [9.17, 15) is 9.90 Å². The summed E-state index contributed by atoms with van der Waals surface area (Å²) in [6.07, 6.45) is 15.2. The molecule has 1 aliphatic heterocycles. The number of carbonyl (C=O) groups excluding carboxylic acids is 1. The topological polar surface area (TPSA) is 55.8 Å². The second kappa shape index (κ2) is 11.1. The number of esters is 1. The summed E-state index contributed by atoms with van der Waals surface area (Å²) in [4.78, 5) is 14.2. The van der Waals surface area contributed by atoms with Crippen LogP contribution >= 0.6 is 0 Å². The molecule has 1 aromatic rings. The van der Waals surface area contributed by atoms with Crippen LogP contribution in [0.5, 0.6) is 11.5 Å². The maximum absolute atomic E-state index is 14.2. The first-order chi connectivity index (χ1) is 19.3. The Morgan fingerprint density at radius 1 is 1.12 bits per heavy atom. The molecular weight excluding hydrogens is 508 g/mol. The third-order valence-corrected chi connectivity index (χ3v) is 11.3. The number of ether oxygens (including phenoxy) is 2. The SMILES string of the molecule is CCCCCc1cc2c(c(O)c1C(=O)OC(C)(C)[C@@H]1CC[C@@]3(C)CCCC(C)=C3C1)[C@@H]1C=C(C)CC[C@H]1C(C)(C)O2. The van der Waals surface area contributed by atoms with Crippen molar-refractivity contribution in [1.29, 1.82) is 0 Å². The van der Waals surface area contributed by atoms with Crippen molar-refractivity contribution >= 4 is 5.97 Å². The van der Waals surface area contributed by atoms with Gasteiger partial charge >= 0.3 is 5.97 Å². The number of phenolic OH excluding ortho intramolecular Hbond substituents is 1. The van der Waals surface area contributed by atoms with Crippen LogP contribution in [0.1, 0.15) is 153 Å². The minimum Gasteiger partial charge on any atom is -0.507 e. The first-order valence-electron chi connectivity index (χ1n) is 16.4. The Kier molecular flexibility index (Phi) is 8.20. The highest BCUT2D eigenvalue weighted by Crippen LogP contribution is 2.56. The van der Waals surface area contributed by atoms with Crippen LogP contribution in [0.3, 0.4) is 0 Å². The lowest BCUT2D eigenvalue weighted by Crippen LogP contribution is -2.45. The second-order valence-electron chi connectivity index (χ2n) is 15.1. The molecule has 0 amide bonds. The molecule has 4 heteroatoms. The smallest absolute Gasteiger partial charge is 0.342 e. The van der Waals surface area contributed by atoms with E-state index in [0.717, 1.165) is 74.7 Å². The number of benzene rings is 1. The molecule has 0 radical (unpaired) electrons. The minimum absolute atomic E-state index is 0.0315. The number of phenols is 1. The van der Waals surface area contributed by atoms with Gasteiger partial charge in [-0.15, -0.1) is 0 Å². The molecule has 1 heterocycles. The van der Waals surface area contributed by atoms with Crippen molar-refractivity contribution in [3.8, 4) is 11.5 Å². The van der Waals surface area contributed by atoms with Crippen LogP contribution < -0.4 is 4.74 Å². The van der Waals surface area contributed by atoms with Crippen molar-refractivity contribution in [3.63, 3.8) is 0 Å². The van der Waals surface area contributed by atoms with E-state index < -0.39 is 5.60 Å². The van der Waals surface area contributed by atoms with Gasteiger partial charge < -0.3 is 14.6 Å². The largest absolute Gasteiger partial charge is 0.507 e. The Labute approximate surface area is 249 Å². The molecule has 0 spiro atoms. The van der Waals surface area contributed by atoms with E-state index in [0.29, 0.717) is 11.0 Å². The Hall–Kier alpha value is -2.23. The second-order valence-corrected chi connectivity index (χ2v) is 15.1. The summed E-state index contributed by atoms with van der Waals surface area (Å²) in [5.41, 5.74) is 5.80. The van der Waals surface area contributed by atoms with Crippen molar-refractivity contribution in [1.82, 2.24) is 0 Å². The van der Waals surface area contributed by atoms with Crippen LogP contribution in [-0.4, -0.2) is 22.3 Å².